The minimum Gasteiger partial charge on any atom is -0.489 e. The number of nitrogens with one attached hydrogen (secondary N) is 1. The van der Waals surface area contributed by atoms with Crippen molar-refractivity contribution in [2.75, 3.05) is 5.73 Å². The van der Waals surface area contributed by atoms with Crippen LogP contribution < -0.4 is 15.9 Å². The van der Waals surface area contributed by atoms with Crippen LogP contribution in [0.5, 0.6) is 5.75 Å². The molecule has 0 saturated carbocycles. The Bertz CT molecular complexity index is 922. The maximum absolute atomic E-state index is 12.1. The first-order valence-electron chi connectivity index (χ1n) is 7.95. The van der Waals surface area contributed by atoms with Crippen LogP contribution in [-0.2, 0) is 6.61 Å². The van der Waals surface area contributed by atoms with E-state index in [2.05, 4.69) is 15.5 Å². The fraction of sp³-hybridized carbons (Fsp3) is 0.105. The van der Waals surface area contributed by atoms with E-state index >= 15 is 0 Å². The number of nitrogen functional groups attached to an aromatic ring is 1. The SMILES string of the molecule is Cc1nc(N)sc1C(=O)N/N=C\c1cccc(OCc2ccccc2)c1. The number of carbonyl (C=O) groups excluding carboxylic acids is 1. The highest BCUT2D eigenvalue weighted by Gasteiger charge is 2.13. The van der Waals surface area contributed by atoms with Crippen molar-refractivity contribution in [1.29, 1.82) is 0 Å². The molecular formula is C19H18N4O2S. The molecule has 0 atom stereocenters. The van der Waals surface area contributed by atoms with Crippen LogP contribution in [0, 0.1) is 6.92 Å². The Morgan fingerprint density at radius 3 is 2.81 bits per heavy atom. The average molecular weight is 366 g/mol. The van der Waals surface area contributed by atoms with E-state index in [-0.39, 0.29) is 5.91 Å². The molecule has 26 heavy (non-hydrogen) atoms. The number of hydrogen-bond donors (Lipinski definition) is 2. The fourth-order valence-electron chi connectivity index (χ4n) is 2.27. The Kier molecular flexibility index (Phi) is 5.60. The number of ether oxygens (including phenoxy) is 1. The topological polar surface area (TPSA) is 89.6 Å². The molecular weight excluding hydrogens is 348 g/mol. The molecule has 0 spiro atoms. The summed E-state index contributed by atoms with van der Waals surface area (Å²) in [6.45, 7) is 2.23. The van der Waals surface area contributed by atoms with Gasteiger partial charge in [-0.2, -0.15) is 5.10 Å². The smallest absolute Gasteiger partial charge is 0.283 e. The van der Waals surface area contributed by atoms with Crippen LogP contribution in [0.1, 0.15) is 26.5 Å². The van der Waals surface area contributed by atoms with Crippen LogP contribution in [-0.4, -0.2) is 17.1 Å². The minimum absolute atomic E-state index is 0.329. The predicted molar refractivity (Wildman–Crippen MR) is 104 cm³/mol. The molecule has 1 aromatic heterocycles. The zero-order valence-corrected chi connectivity index (χ0v) is 15.0. The number of aryl methyl sites for hydroxylation is 1. The van der Waals surface area contributed by atoms with Crippen molar-refractivity contribution in [1.82, 2.24) is 10.4 Å². The number of aromatic nitrogens is 1. The van der Waals surface area contributed by atoms with Gasteiger partial charge >= 0.3 is 0 Å². The summed E-state index contributed by atoms with van der Waals surface area (Å²) in [5.41, 5.74) is 10.6. The Morgan fingerprint density at radius 2 is 2.08 bits per heavy atom. The van der Waals surface area contributed by atoms with Crippen molar-refractivity contribution in [3.05, 3.63) is 76.3 Å². The largest absolute Gasteiger partial charge is 0.489 e. The Hall–Kier alpha value is -3.19. The van der Waals surface area contributed by atoms with Crippen molar-refractivity contribution < 1.29 is 9.53 Å². The van der Waals surface area contributed by atoms with Gasteiger partial charge in [-0.15, -0.1) is 0 Å². The molecule has 0 aliphatic rings. The molecule has 6 nitrogen and oxygen atoms in total. The first kappa shape index (κ1) is 17.6. The molecule has 0 aliphatic carbocycles. The van der Waals surface area contributed by atoms with E-state index in [1.807, 2.05) is 54.6 Å². The van der Waals surface area contributed by atoms with Crippen LogP contribution in [0.25, 0.3) is 0 Å². The van der Waals surface area contributed by atoms with Gasteiger partial charge in [0.2, 0.25) is 0 Å². The van der Waals surface area contributed by atoms with E-state index in [4.69, 9.17) is 10.5 Å². The van der Waals surface area contributed by atoms with Crippen molar-refractivity contribution >= 4 is 28.6 Å². The van der Waals surface area contributed by atoms with Crippen molar-refractivity contribution in [3.63, 3.8) is 0 Å². The molecule has 0 saturated heterocycles. The van der Waals surface area contributed by atoms with Crippen molar-refractivity contribution in [3.8, 4) is 5.75 Å². The molecule has 2 aromatic carbocycles. The molecule has 132 valence electrons. The van der Waals surface area contributed by atoms with Gasteiger partial charge in [-0.05, 0) is 30.2 Å². The Balaban J connectivity index is 1.58. The van der Waals surface area contributed by atoms with Crippen LogP contribution in [0.3, 0.4) is 0 Å². The maximum Gasteiger partial charge on any atom is 0.283 e. The van der Waals surface area contributed by atoms with E-state index in [1.165, 1.54) is 0 Å². The Labute approximate surface area is 155 Å². The van der Waals surface area contributed by atoms with E-state index in [1.54, 1.807) is 13.1 Å². The van der Waals surface area contributed by atoms with Gasteiger partial charge in [-0.25, -0.2) is 10.4 Å². The first-order chi connectivity index (χ1) is 12.6. The second-order valence-corrected chi connectivity index (χ2v) is 6.54. The third-order valence-corrected chi connectivity index (χ3v) is 4.49. The number of carbonyl (C=O) groups is 1. The summed E-state index contributed by atoms with van der Waals surface area (Å²) in [7, 11) is 0. The van der Waals surface area contributed by atoms with Gasteiger partial charge in [0.25, 0.3) is 5.91 Å². The molecule has 1 amide bonds. The number of nitrogens with zero attached hydrogens (tertiary/aromatic N) is 2. The number of anilines is 1. The van der Waals surface area contributed by atoms with Gasteiger partial charge in [-0.3, -0.25) is 4.79 Å². The summed E-state index contributed by atoms with van der Waals surface area (Å²) < 4.78 is 5.78. The van der Waals surface area contributed by atoms with E-state index < -0.39 is 0 Å². The molecule has 3 N–H and O–H groups in total. The molecule has 3 rings (SSSR count). The van der Waals surface area contributed by atoms with Crippen LogP contribution >= 0.6 is 11.3 Å². The van der Waals surface area contributed by atoms with Gasteiger partial charge in [0, 0.05) is 0 Å². The minimum atomic E-state index is -0.329. The highest BCUT2D eigenvalue weighted by Crippen LogP contribution is 2.19. The highest BCUT2D eigenvalue weighted by molar-refractivity contribution is 7.17. The monoisotopic (exact) mass is 366 g/mol. The lowest BCUT2D eigenvalue weighted by Crippen LogP contribution is -2.17. The summed E-state index contributed by atoms with van der Waals surface area (Å²) in [6.07, 6.45) is 1.56. The number of nitrogens with two attached hydrogens (primary N) is 1. The summed E-state index contributed by atoms with van der Waals surface area (Å²) in [5, 5.41) is 4.35. The summed E-state index contributed by atoms with van der Waals surface area (Å²) in [5.74, 6) is 0.402. The summed E-state index contributed by atoms with van der Waals surface area (Å²) in [6, 6.07) is 17.4. The molecule has 0 aliphatic heterocycles. The van der Waals surface area contributed by atoms with Gasteiger partial charge < -0.3 is 10.5 Å². The maximum atomic E-state index is 12.1. The first-order valence-corrected chi connectivity index (χ1v) is 8.76. The van der Waals surface area contributed by atoms with Crippen molar-refractivity contribution in [2.45, 2.75) is 13.5 Å². The molecule has 0 radical (unpaired) electrons. The average Bonchev–Trinajstić information content (AvgIpc) is 2.99. The predicted octanol–water partition coefficient (Wildman–Crippen LogP) is 3.38. The second-order valence-electron chi connectivity index (χ2n) is 5.51. The number of hydrogen-bond acceptors (Lipinski definition) is 6. The zero-order chi connectivity index (χ0) is 18.4. The standard InChI is InChI=1S/C19H18N4O2S/c1-13-17(26-19(20)22-13)18(24)23-21-11-15-8-5-9-16(10-15)25-12-14-6-3-2-4-7-14/h2-11H,12H2,1H3,(H2,20,22)(H,23,24)/b21-11-. The van der Waals surface area contributed by atoms with Gasteiger partial charge in [0.15, 0.2) is 5.13 Å². The lowest BCUT2D eigenvalue weighted by Gasteiger charge is -2.06. The Morgan fingerprint density at radius 1 is 1.27 bits per heavy atom. The quantitative estimate of drug-likeness (QED) is 0.517. The molecule has 0 bridgehead atoms. The van der Waals surface area contributed by atoms with E-state index in [0.29, 0.717) is 22.3 Å². The second kappa shape index (κ2) is 8.26. The van der Waals surface area contributed by atoms with Gasteiger partial charge in [-0.1, -0.05) is 53.8 Å². The highest BCUT2D eigenvalue weighted by atomic mass is 32.1. The number of hydrazone groups is 1. The lowest BCUT2D eigenvalue weighted by molar-refractivity contribution is 0.0958. The molecule has 3 aromatic rings. The van der Waals surface area contributed by atoms with Crippen molar-refractivity contribution in [2.24, 2.45) is 5.10 Å². The molecule has 1 heterocycles. The van der Waals surface area contributed by atoms with Gasteiger partial charge in [0.1, 0.15) is 17.2 Å². The summed E-state index contributed by atoms with van der Waals surface area (Å²) in [4.78, 5) is 16.5. The van der Waals surface area contributed by atoms with Crippen LogP contribution in [0.4, 0.5) is 5.13 Å². The lowest BCUT2D eigenvalue weighted by atomic mass is 10.2. The number of benzene rings is 2. The molecule has 0 fully saturated rings. The third kappa shape index (κ3) is 4.67. The summed E-state index contributed by atoms with van der Waals surface area (Å²) >= 11 is 1.14. The molecule has 0 unspecified atom stereocenters. The van der Waals surface area contributed by atoms with Crippen LogP contribution in [0.15, 0.2) is 59.7 Å². The number of thiazole rings is 1. The van der Waals surface area contributed by atoms with E-state index in [0.717, 1.165) is 28.2 Å². The van der Waals surface area contributed by atoms with E-state index in [9.17, 15) is 4.79 Å². The third-order valence-electron chi connectivity index (χ3n) is 3.51. The normalized spacial score (nSPS) is 10.8. The number of rotatable bonds is 6. The fourth-order valence-corrected chi connectivity index (χ4v) is 2.99. The number of amides is 1. The molecule has 7 heteroatoms. The van der Waals surface area contributed by atoms with Gasteiger partial charge in [0.05, 0.1) is 11.9 Å². The van der Waals surface area contributed by atoms with Crippen LogP contribution in [0.2, 0.25) is 0 Å². The zero-order valence-electron chi connectivity index (χ0n) is 14.2.